The summed E-state index contributed by atoms with van der Waals surface area (Å²) in [6.07, 6.45) is 1.31. The van der Waals surface area contributed by atoms with Crippen molar-refractivity contribution in [2.75, 3.05) is 27.8 Å². The van der Waals surface area contributed by atoms with E-state index in [1.54, 1.807) is 32.8 Å². The summed E-state index contributed by atoms with van der Waals surface area (Å²) in [5.74, 6) is -0.309. The summed E-state index contributed by atoms with van der Waals surface area (Å²) in [7, 11) is 5.03. The van der Waals surface area contributed by atoms with Gasteiger partial charge in [-0.05, 0) is 60.7 Å². The lowest BCUT2D eigenvalue weighted by atomic mass is 9.96. The average Bonchev–Trinajstić information content (AvgIpc) is 3.38. The Morgan fingerprint density at radius 2 is 1.93 bits per heavy atom. The van der Waals surface area contributed by atoms with Gasteiger partial charge in [0.2, 0.25) is 0 Å². The molecule has 11 heteroatoms. The minimum atomic E-state index is -0.534. The number of hydrogen-bond donors (Lipinski definition) is 2. The molecule has 3 aromatic heterocycles. The van der Waals surface area contributed by atoms with Gasteiger partial charge < -0.3 is 19.7 Å². The van der Waals surface area contributed by atoms with Gasteiger partial charge in [-0.3, -0.25) is 14.7 Å². The van der Waals surface area contributed by atoms with Crippen LogP contribution >= 0.6 is 11.3 Å². The van der Waals surface area contributed by atoms with Crippen molar-refractivity contribution in [3.05, 3.63) is 99.1 Å². The number of methoxy groups -OCH3 is 1. The molecule has 0 radical (unpaired) electrons. The van der Waals surface area contributed by atoms with Crippen LogP contribution in [-0.2, 0) is 21.6 Å². The van der Waals surface area contributed by atoms with E-state index in [2.05, 4.69) is 20.5 Å². The second-order valence-electron chi connectivity index (χ2n) is 11.3. The number of hydrogen-bond acceptors (Lipinski definition) is 8. The number of pyridine rings is 1. The second-order valence-corrected chi connectivity index (χ2v) is 12.0. The van der Waals surface area contributed by atoms with Gasteiger partial charge in [0.25, 0.3) is 11.8 Å². The fourth-order valence-electron chi connectivity index (χ4n) is 5.41. The zero-order valence-electron chi connectivity index (χ0n) is 25.1. The van der Waals surface area contributed by atoms with Crippen LogP contribution in [0.5, 0.6) is 0 Å². The third-order valence-corrected chi connectivity index (χ3v) is 8.55. The van der Waals surface area contributed by atoms with Crippen molar-refractivity contribution >= 4 is 34.1 Å². The molecular formula is C33H34N6O4S. The first kappa shape index (κ1) is 29.6. The summed E-state index contributed by atoms with van der Waals surface area (Å²) in [6.45, 7) is 2.71. The number of H-pyrrole nitrogens is 1. The molecule has 2 N–H and O–H groups in total. The normalized spacial score (nSPS) is 14.4. The van der Waals surface area contributed by atoms with Gasteiger partial charge >= 0.3 is 0 Å². The van der Waals surface area contributed by atoms with E-state index in [9.17, 15) is 9.59 Å². The molecule has 0 spiro atoms. The largest absolute Gasteiger partial charge is 0.382 e. The second kappa shape index (κ2) is 12.3. The highest BCUT2D eigenvalue weighted by Gasteiger charge is 2.47. The van der Waals surface area contributed by atoms with E-state index in [1.807, 2.05) is 60.8 Å². The number of thiazole rings is 1. The van der Waals surface area contributed by atoms with Gasteiger partial charge in [0, 0.05) is 37.5 Å². The summed E-state index contributed by atoms with van der Waals surface area (Å²) >= 11 is 1.53. The Morgan fingerprint density at radius 3 is 2.64 bits per heavy atom. The molecule has 0 aliphatic heterocycles. The number of aromatic nitrogens is 4. The van der Waals surface area contributed by atoms with Crippen LogP contribution in [0.1, 0.15) is 62.2 Å². The molecule has 2 amide bonds. The third kappa shape index (κ3) is 5.99. The van der Waals surface area contributed by atoms with Gasteiger partial charge in [-0.15, -0.1) is 11.3 Å². The number of aromatic amines is 1. The predicted octanol–water partition coefficient (Wildman–Crippen LogP) is 5.42. The molecule has 226 valence electrons. The summed E-state index contributed by atoms with van der Waals surface area (Å²) in [6, 6.07) is 17.4. The lowest BCUT2D eigenvalue weighted by Crippen LogP contribution is -2.35. The molecule has 44 heavy (non-hydrogen) atoms. The summed E-state index contributed by atoms with van der Waals surface area (Å²) in [5, 5.41) is 13.5. The zero-order valence-corrected chi connectivity index (χ0v) is 25.9. The van der Waals surface area contributed by atoms with Crippen LogP contribution in [0, 0.1) is 6.92 Å². The molecule has 3 heterocycles. The first-order valence-corrected chi connectivity index (χ1v) is 15.3. The van der Waals surface area contributed by atoms with Crippen LogP contribution in [0.4, 0.5) is 0 Å². The van der Waals surface area contributed by atoms with E-state index in [4.69, 9.17) is 14.5 Å². The SMILES string of the molecule is COC[C@@H](OCc1cscn1)c1ccc(C(=O)NC2(c3cc(-c4cc(C(=O)N(C)C)[nH]n4)nc4ccccc34)CC2)c(C)c1. The monoisotopic (exact) mass is 610 g/mol. The number of amides is 2. The van der Waals surface area contributed by atoms with Crippen LogP contribution in [-0.4, -0.2) is 64.7 Å². The highest BCUT2D eigenvalue weighted by atomic mass is 32.1. The van der Waals surface area contributed by atoms with Gasteiger partial charge in [-0.25, -0.2) is 9.97 Å². The van der Waals surface area contributed by atoms with Crippen molar-refractivity contribution in [1.29, 1.82) is 0 Å². The van der Waals surface area contributed by atoms with E-state index >= 15 is 0 Å². The summed E-state index contributed by atoms with van der Waals surface area (Å²) in [4.78, 5) is 36.9. The number of ether oxygens (including phenoxy) is 2. The first-order valence-electron chi connectivity index (χ1n) is 14.4. The lowest BCUT2D eigenvalue weighted by Gasteiger charge is -2.22. The minimum absolute atomic E-state index is 0.140. The Balaban J connectivity index is 1.26. The number of nitrogens with zero attached hydrogens (tertiary/aromatic N) is 4. The van der Waals surface area contributed by atoms with E-state index in [-0.39, 0.29) is 17.9 Å². The maximum atomic E-state index is 13.8. The van der Waals surface area contributed by atoms with E-state index < -0.39 is 5.54 Å². The molecule has 10 nitrogen and oxygen atoms in total. The molecule has 0 saturated heterocycles. The van der Waals surface area contributed by atoms with Crippen LogP contribution in [0.3, 0.4) is 0 Å². The first-order chi connectivity index (χ1) is 21.3. The van der Waals surface area contributed by atoms with Crippen molar-refractivity contribution < 1.29 is 19.1 Å². The van der Waals surface area contributed by atoms with Crippen molar-refractivity contribution in [2.24, 2.45) is 0 Å². The molecule has 1 saturated carbocycles. The van der Waals surface area contributed by atoms with E-state index in [1.165, 1.54) is 16.2 Å². The van der Waals surface area contributed by atoms with Crippen molar-refractivity contribution in [2.45, 2.75) is 38.0 Å². The molecule has 5 aromatic rings. The van der Waals surface area contributed by atoms with Crippen molar-refractivity contribution in [3.63, 3.8) is 0 Å². The van der Waals surface area contributed by atoms with E-state index in [0.717, 1.165) is 46.1 Å². The molecule has 1 aliphatic rings. The van der Waals surface area contributed by atoms with Gasteiger partial charge in [0.15, 0.2) is 0 Å². The standard InChI is InChI=1S/C33H34N6O4S/c1-20-13-21(30(17-42-4)43-16-22-18-44-19-34-22)9-10-23(20)31(40)36-33(11-12-33)25-14-27(35-26-8-6-5-7-24(25)26)28-15-29(38-37-28)32(41)39(2)3/h5-10,13-15,18-19,30H,11-12,16-17H2,1-4H3,(H,36,40)(H,37,38)/t30-/m1/s1. The molecule has 6 rings (SSSR count). The highest BCUT2D eigenvalue weighted by molar-refractivity contribution is 7.07. The molecule has 1 fully saturated rings. The van der Waals surface area contributed by atoms with Crippen LogP contribution < -0.4 is 5.32 Å². The maximum Gasteiger partial charge on any atom is 0.271 e. The Kier molecular flexibility index (Phi) is 8.26. The predicted molar refractivity (Wildman–Crippen MR) is 168 cm³/mol. The minimum Gasteiger partial charge on any atom is -0.382 e. The number of para-hydroxylation sites is 1. The molecule has 1 aliphatic carbocycles. The summed E-state index contributed by atoms with van der Waals surface area (Å²) in [5.41, 5.74) is 7.89. The van der Waals surface area contributed by atoms with Crippen molar-refractivity contribution in [1.82, 2.24) is 30.4 Å². The summed E-state index contributed by atoms with van der Waals surface area (Å²) < 4.78 is 11.5. The van der Waals surface area contributed by atoms with Gasteiger partial charge in [0.1, 0.15) is 17.5 Å². The Labute approximate surface area is 259 Å². The molecular weight excluding hydrogens is 576 g/mol. The molecule has 2 aromatic carbocycles. The van der Waals surface area contributed by atoms with Gasteiger partial charge in [-0.1, -0.05) is 30.3 Å². The molecule has 0 bridgehead atoms. The van der Waals surface area contributed by atoms with E-state index in [0.29, 0.717) is 35.9 Å². The van der Waals surface area contributed by atoms with Crippen LogP contribution in [0.25, 0.3) is 22.3 Å². The number of benzene rings is 2. The maximum absolute atomic E-state index is 13.8. The van der Waals surface area contributed by atoms with Crippen LogP contribution in [0.2, 0.25) is 0 Å². The fourth-order valence-corrected chi connectivity index (χ4v) is 5.95. The topological polar surface area (TPSA) is 122 Å². The molecule has 1 atom stereocenters. The Hall–Kier alpha value is -4.45. The van der Waals surface area contributed by atoms with Gasteiger partial charge in [0.05, 0.1) is 41.2 Å². The Morgan fingerprint density at radius 1 is 1.11 bits per heavy atom. The molecule has 0 unspecified atom stereocenters. The average molecular weight is 611 g/mol. The zero-order chi connectivity index (χ0) is 30.8. The fraction of sp³-hybridized carbons (Fsp3) is 0.303. The Bertz CT molecular complexity index is 1810. The van der Waals surface area contributed by atoms with Crippen molar-refractivity contribution in [3.8, 4) is 11.4 Å². The quantitative estimate of drug-likeness (QED) is 0.205. The number of carbonyl (C=O) groups is 2. The number of nitrogens with one attached hydrogen (secondary N) is 2. The lowest BCUT2D eigenvalue weighted by molar-refractivity contribution is -0.0139. The number of aryl methyl sites for hydroxylation is 1. The smallest absolute Gasteiger partial charge is 0.271 e. The number of rotatable bonds is 11. The highest BCUT2D eigenvalue weighted by Crippen LogP contribution is 2.49. The number of fused-ring (bicyclic) bond motifs is 1. The number of carbonyl (C=O) groups excluding carboxylic acids is 2. The van der Waals surface area contributed by atoms with Crippen LogP contribution in [0.15, 0.2) is 65.5 Å². The third-order valence-electron chi connectivity index (χ3n) is 7.91. The van der Waals surface area contributed by atoms with Gasteiger partial charge in [-0.2, -0.15) is 5.10 Å².